The number of fused-ring (bicyclic) bond motifs is 1. The van der Waals surface area contributed by atoms with Crippen molar-refractivity contribution in [1.29, 1.82) is 0 Å². The van der Waals surface area contributed by atoms with Crippen LogP contribution in [0, 0.1) is 5.92 Å². The summed E-state index contributed by atoms with van der Waals surface area (Å²) in [7, 11) is 0. The number of hydrogen-bond donors (Lipinski definition) is 1. The first-order valence-corrected chi connectivity index (χ1v) is 8.32. The minimum absolute atomic E-state index is 0.676. The molecule has 2 fully saturated rings. The Balaban J connectivity index is 1.80. The molecule has 0 bridgehead atoms. The third-order valence-electron chi connectivity index (χ3n) is 5.19. The summed E-state index contributed by atoms with van der Waals surface area (Å²) in [5, 5.41) is 0. The Morgan fingerprint density at radius 2 is 1.94 bits per heavy atom. The van der Waals surface area contributed by atoms with Crippen molar-refractivity contribution in [3.05, 3.63) is 0 Å². The van der Waals surface area contributed by atoms with Crippen LogP contribution in [0.5, 0.6) is 0 Å². The highest BCUT2D eigenvalue weighted by molar-refractivity contribution is 4.93. The van der Waals surface area contributed by atoms with Crippen LogP contribution in [0.25, 0.3) is 0 Å². The maximum absolute atomic E-state index is 6.05. The fraction of sp³-hybridized carbons (Fsp3) is 1.00. The fourth-order valence-corrected chi connectivity index (χ4v) is 4.12. The van der Waals surface area contributed by atoms with Gasteiger partial charge in [0, 0.05) is 18.6 Å². The quantitative estimate of drug-likeness (QED) is 0.702. The maximum Gasteiger partial charge on any atom is 0.0221 e. The molecule has 0 aromatic rings. The van der Waals surface area contributed by atoms with Gasteiger partial charge in [0.1, 0.15) is 0 Å². The van der Waals surface area contributed by atoms with Gasteiger partial charge in [0.25, 0.3) is 0 Å². The number of nitrogens with zero attached hydrogens (tertiary/aromatic N) is 1. The smallest absolute Gasteiger partial charge is 0.0221 e. The van der Waals surface area contributed by atoms with Gasteiger partial charge < -0.3 is 5.73 Å². The number of nitrogens with two attached hydrogens (primary N) is 1. The van der Waals surface area contributed by atoms with E-state index in [0.717, 1.165) is 18.5 Å². The molecule has 18 heavy (non-hydrogen) atoms. The number of rotatable bonds is 7. The van der Waals surface area contributed by atoms with Crippen LogP contribution in [-0.2, 0) is 0 Å². The molecule has 3 unspecified atom stereocenters. The van der Waals surface area contributed by atoms with E-state index in [9.17, 15) is 0 Å². The molecule has 1 heterocycles. The number of likely N-dealkylation sites (tertiary alicyclic amines) is 1. The van der Waals surface area contributed by atoms with Gasteiger partial charge in [-0.05, 0) is 38.1 Å². The molecule has 106 valence electrons. The van der Waals surface area contributed by atoms with Gasteiger partial charge in [0.2, 0.25) is 0 Å². The summed E-state index contributed by atoms with van der Waals surface area (Å²) >= 11 is 0. The van der Waals surface area contributed by atoms with Gasteiger partial charge in [0.15, 0.2) is 0 Å². The van der Waals surface area contributed by atoms with Crippen LogP contribution in [0.1, 0.15) is 71.1 Å². The van der Waals surface area contributed by atoms with Gasteiger partial charge in [-0.3, -0.25) is 4.90 Å². The second-order valence-corrected chi connectivity index (χ2v) is 6.38. The molecule has 2 nitrogen and oxygen atoms in total. The molecule has 0 amide bonds. The first-order chi connectivity index (χ1) is 8.86. The zero-order valence-electron chi connectivity index (χ0n) is 12.2. The zero-order valence-corrected chi connectivity index (χ0v) is 12.2. The molecule has 1 saturated carbocycles. The minimum atomic E-state index is 0.676. The van der Waals surface area contributed by atoms with E-state index in [-0.39, 0.29) is 0 Å². The Bertz CT molecular complexity index is 229. The van der Waals surface area contributed by atoms with E-state index in [4.69, 9.17) is 5.73 Å². The summed E-state index contributed by atoms with van der Waals surface area (Å²) in [5.41, 5.74) is 6.05. The second-order valence-electron chi connectivity index (χ2n) is 6.38. The minimum Gasteiger partial charge on any atom is -0.329 e. The Morgan fingerprint density at radius 1 is 1.11 bits per heavy atom. The van der Waals surface area contributed by atoms with Crippen LogP contribution in [-0.4, -0.2) is 30.1 Å². The lowest BCUT2D eigenvalue weighted by atomic mass is 9.85. The monoisotopic (exact) mass is 252 g/mol. The van der Waals surface area contributed by atoms with Gasteiger partial charge in [-0.15, -0.1) is 0 Å². The van der Waals surface area contributed by atoms with E-state index >= 15 is 0 Å². The third kappa shape index (κ3) is 3.48. The Kier molecular flexibility index (Phi) is 5.97. The fourth-order valence-electron chi connectivity index (χ4n) is 4.12. The Labute approximate surface area is 113 Å². The van der Waals surface area contributed by atoms with Crippen LogP contribution in [0.3, 0.4) is 0 Å². The molecule has 2 aliphatic rings. The highest BCUT2D eigenvalue weighted by Crippen LogP contribution is 2.37. The Morgan fingerprint density at radius 3 is 2.72 bits per heavy atom. The van der Waals surface area contributed by atoms with Crippen molar-refractivity contribution in [3.63, 3.8) is 0 Å². The molecule has 0 radical (unpaired) electrons. The highest BCUT2D eigenvalue weighted by Gasteiger charge is 2.38. The van der Waals surface area contributed by atoms with Crippen LogP contribution in [0.15, 0.2) is 0 Å². The van der Waals surface area contributed by atoms with Crippen molar-refractivity contribution in [1.82, 2.24) is 4.90 Å². The van der Waals surface area contributed by atoms with E-state index in [1.165, 1.54) is 70.8 Å². The maximum atomic E-state index is 6.05. The molecule has 0 aromatic heterocycles. The lowest BCUT2D eigenvalue weighted by Gasteiger charge is -2.36. The van der Waals surface area contributed by atoms with Crippen molar-refractivity contribution in [2.24, 2.45) is 11.7 Å². The topological polar surface area (TPSA) is 29.3 Å². The average molecular weight is 252 g/mol. The van der Waals surface area contributed by atoms with Crippen molar-refractivity contribution in [3.8, 4) is 0 Å². The van der Waals surface area contributed by atoms with Gasteiger partial charge >= 0.3 is 0 Å². The molecule has 1 aliphatic heterocycles. The normalized spacial score (nSPS) is 30.3. The lowest BCUT2D eigenvalue weighted by Crippen LogP contribution is -2.45. The van der Waals surface area contributed by atoms with Gasteiger partial charge in [-0.1, -0.05) is 45.4 Å². The molecule has 1 saturated heterocycles. The van der Waals surface area contributed by atoms with E-state index in [1.807, 2.05) is 0 Å². The first kappa shape index (κ1) is 14.3. The van der Waals surface area contributed by atoms with E-state index < -0.39 is 0 Å². The largest absolute Gasteiger partial charge is 0.329 e. The molecule has 2 rings (SSSR count). The van der Waals surface area contributed by atoms with Crippen LogP contribution in [0.4, 0.5) is 0 Å². The summed E-state index contributed by atoms with van der Waals surface area (Å²) in [6.45, 7) is 4.48. The van der Waals surface area contributed by atoms with Crippen molar-refractivity contribution in [2.45, 2.75) is 83.2 Å². The predicted octanol–water partition coefficient (Wildman–Crippen LogP) is 3.55. The van der Waals surface area contributed by atoms with Crippen LogP contribution in [0.2, 0.25) is 0 Å². The molecule has 1 aliphatic carbocycles. The lowest BCUT2D eigenvalue weighted by molar-refractivity contribution is 0.127. The summed E-state index contributed by atoms with van der Waals surface area (Å²) in [5.74, 6) is 1.00. The molecular weight excluding hydrogens is 220 g/mol. The predicted molar refractivity (Wildman–Crippen MR) is 78.7 cm³/mol. The molecule has 2 N–H and O–H groups in total. The average Bonchev–Trinajstić information content (AvgIpc) is 2.83. The summed E-state index contributed by atoms with van der Waals surface area (Å²) in [4.78, 5) is 2.79. The zero-order chi connectivity index (χ0) is 12.8. The molecule has 0 spiro atoms. The van der Waals surface area contributed by atoms with Crippen molar-refractivity contribution in [2.75, 3.05) is 13.1 Å². The standard InChI is InChI=1S/C16H32N2/c1-2-3-4-5-9-15(13-17)18-12-11-14-8-6-7-10-16(14)18/h14-16H,2-13,17H2,1H3. The van der Waals surface area contributed by atoms with Crippen molar-refractivity contribution < 1.29 is 0 Å². The SMILES string of the molecule is CCCCCCC(CN)N1CCC2CCCCC21. The van der Waals surface area contributed by atoms with Crippen LogP contribution >= 0.6 is 0 Å². The number of unbranched alkanes of at least 4 members (excludes halogenated alkanes) is 3. The third-order valence-corrected chi connectivity index (χ3v) is 5.19. The second kappa shape index (κ2) is 7.49. The van der Waals surface area contributed by atoms with Crippen molar-refractivity contribution >= 4 is 0 Å². The molecular formula is C16H32N2. The van der Waals surface area contributed by atoms with E-state index in [2.05, 4.69) is 11.8 Å². The molecule has 3 atom stereocenters. The van der Waals surface area contributed by atoms with Crippen LogP contribution < -0.4 is 5.73 Å². The first-order valence-electron chi connectivity index (χ1n) is 8.32. The van der Waals surface area contributed by atoms with E-state index in [1.54, 1.807) is 0 Å². The Hall–Kier alpha value is -0.0800. The summed E-state index contributed by atoms with van der Waals surface area (Å²) < 4.78 is 0. The van der Waals surface area contributed by atoms with Gasteiger partial charge in [-0.2, -0.15) is 0 Å². The van der Waals surface area contributed by atoms with E-state index in [0.29, 0.717) is 6.04 Å². The summed E-state index contributed by atoms with van der Waals surface area (Å²) in [6.07, 6.45) is 14.1. The molecule has 2 heteroatoms. The summed E-state index contributed by atoms with van der Waals surface area (Å²) in [6, 6.07) is 1.56. The number of hydrogen-bond acceptors (Lipinski definition) is 2. The van der Waals surface area contributed by atoms with Gasteiger partial charge in [0.05, 0.1) is 0 Å². The highest BCUT2D eigenvalue weighted by atomic mass is 15.2. The van der Waals surface area contributed by atoms with Gasteiger partial charge in [-0.25, -0.2) is 0 Å². The molecule has 0 aromatic carbocycles.